The highest BCUT2D eigenvalue weighted by molar-refractivity contribution is 5.84. The number of nitrogens with zero attached hydrogens (tertiary/aromatic N) is 1. The minimum Gasteiger partial charge on any atom is -0.508 e. The Kier molecular flexibility index (Phi) is 5.52. The smallest absolute Gasteiger partial charge is 0.116 e. The summed E-state index contributed by atoms with van der Waals surface area (Å²) in [4.78, 5) is 2.63. The number of fused-ring (bicyclic) bond motifs is 1. The number of unbranched alkanes of at least 4 members (excludes halogenated alkanes) is 2. The molecule has 0 aliphatic carbocycles. The van der Waals surface area contributed by atoms with E-state index >= 15 is 0 Å². The van der Waals surface area contributed by atoms with Gasteiger partial charge in [-0.05, 0) is 41.0 Å². The third-order valence-corrected chi connectivity index (χ3v) is 4.91. The number of hydrogen-bond donors (Lipinski definition) is 2. The summed E-state index contributed by atoms with van der Waals surface area (Å²) in [5, 5.41) is 15.4. The lowest BCUT2D eigenvalue weighted by Crippen LogP contribution is -2.45. The summed E-state index contributed by atoms with van der Waals surface area (Å²) in [6.07, 6.45) is 5.10. The normalized spacial score (nSPS) is 17.4. The predicted octanol–water partition coefficient (Wildman–Crippen LogP) is 4.07. The fourth-order valence-corrected chi connectivity index (χ4v) is 3.60. The molecule has 1 aliphatic heterocycles. The highest BCUT2D eigenvalue weighted by atomic mass is 16.3. The molecule has 3 rings (SSSR count). The van der Waals surface area contributed by atoms with E-state index in [1.54, 1.807) is 6.07 Å². The molecule has 124 valence electrons. The van der Waals surface area contributed by atoms with E-state index in [0.717, 1.165) is 31.6 Å². The van der Waals surface area contributed by atoms with Gasteiger partial charge in [-0.2, -0.15) is 0 Å². The molecule has 0 unspecified atom stereocenters. The SMILES string of the molecule is CCCCC[C@@H](c1ccc2cc(O)ccc2c1)N1CCNCC1. The lowest BCUT2D eigenvalue weighted by molar-refractivity contribution is 0.163. The molecule has 0 bridgehead atoms. The molecule has 1 aliphatic rings. The van der Waals surface area contributed by atoms with E-state index in [1.165, 1.54) is 36.6 Å². The Morgan fingerprint density at radius 3 is 2.57 bits per heavy atom. The molecule has 0 saturated carbocycles. The average Bonchev–Trinajstić information content (AvgIpc) is 2.59. The van der Waals surface area contributed by atoms with E-state index in [0.29, 0.717) is 11.8 Å². The topological polar surface area (TPSA) is 35.5 Å². The molecule has 3 heteroatoms. The van der Waals surface area contributed by atoms with Crippen LogP contribution in [0.4, 0.5) is 0 Å². The molecule has 0 radical (unpaired) electrons. The van der Waals surface area contributed by atoms with Crippen LogP contribution in [0.3, 0.4) is 0 Å². The molecule has 1 fully saturated rings. The van der Waals surface area contributed by atoms with Crippen LogP contribution in [0, 0.1) is 0 Å². The fraction of sp³-hybridized carbons (Fsp3) is 0.500. The van der Waals surface area contributed by atoms with E-state index in [2.05, 4.69) is 35.3 Å². The van der Waals surface area contributed by atoms with E-state index in [1.807, 2.05) is 12.1 Å². The second kappa shape index (κ2) is 7.80. The Labute approximate surface area is 139 Å². The molecule has 3 nitrogen and oxygen atoms in total. The van der Waals surface area contributed by atoms with Gasteiger partial charge in [-0.1, -0.05) is 44.4 Å². The number of hydrogen-bond acceptors (Lipinski definition) is 3. The van der Waals surface area contributed by atoms with Gasteiger partial charge in [-0.25, -0.2) is 0 Å². The first kappa shape index (κ1) is 16.3. The van der Waals surface area contributed by atoms with Crippen LogP contribution in [0.1, 0.15) is 44.2 Å². The maximum absolute atomic E-state index is 9.64. The average molecular weight is 312 g/mol. The summed E-state index contributed by atoms with van der Waals surface area (Å²) in [5.41, 5.74) is 1.42. The van der Waals surface area contributed by atoms with Gasteiger partial charge < -0.3 is 10.4 Å². The summed E-state index contributed by atoms with van der Waals surface area (Å²) in [6.45, 7) is 6.70. The van der Waals surface area contributed by atoms with Gasteiger partial charge in [-0.3, -0.25) is 4.90 Å². The highest BCUT2D eigenvalue weighted by Crippen LogP contribution is 2.30. The van der Waals surface area contributed by atoms with Gasteiger partial charge in [0.2, 0.25) is 0 Å². The molecule has 2 aromatic carbocycles. The number of nitrogens with one attached hydrogen (secondary N) is 1. The molecular weight excluding hydrogens is 284 g/mol. The summed E-state index contributed by atoms with van der Waals surface area (Å²) < 4.78 is 0. The lowest BCUT2D eigenvalue weighted by atomic mass is 9.95. The third-order valence-electron chi connectivity index (χ3n) is 4.91. The zero-order valence-electron chi connectivity index (χ0n) is 14.1. The number of benzene rings is 2. The second-order valence-electron chi connectivity index (χ2n) is 6.59. The Balaban J connectivity index is 1.86. The van der Waals surface area contributed by atoms with Gasteiger partial charge in [0.15, 0.2) is 0 Å². The van der Waals surface area contributed by atoms with Crippen LogP contribution in [0.15, 0.2) is 36.4 Å². The van der Waals surface area contributed by atoms with Crippen molar-refractivity contribution in [3.8, 4) is 5.75 Å². The minimum absolute atomic E-state index is 0.340. The van der Waals surface area contributed by atoms with Gasteiger partial charge in [0.05, 0.1) is 0 Å². The summed E-state index contributed by atoms with van der Waals surface area (Å²) in [7, 11) is 0. The van der Waals surface area contributed by atoms with Crippen molar-refractivity contribution >= 4 is 10.8 Å². The summed E-state index contributed by atoms with van der Waals surface area (Å²) in [5.74, 6) is 0.340. The second-order valence-corrected chi connectivity index (χ2v) is 6.59. The fourth-order valence-electron chi connectivity index (χ4n) is 3.60. The Morgan fingerprint density at radius 2 is 1.78 bits per heavy atom. The van der Waals surface area contributed by atoms with E-state index in [-0.39, 0.29) is 0 Å². The molecule has 1 saturated heterocycles. The van der Waals surface area contributed by atoms with E-state index in [9.17, 15) is 5.11 Å². The van der Waals surface area contributed by atoms with Crippen LogP contribution in [-0.4, -0.2) is 36.2 Å². The predicted molar refractivity (Wildman–Crippen MR) is 96.9 cm³/mol. The maximum Gasteiger partial charge on any atom is 0.116 e. The molecule has 23 heavy (non-hydrogen) atoms. The first-order chi connectivity index (χ1) is 11.3. The van der Waals surface area contributed by atoms with Crippen LogP contribution in [0.25, 0.3) is 10.8 Å². The molecule has 0 aromatic heterocycles. The zero-order chi connectivity index (χ0) is 16.1. The van der Waals surface area contributed by atoms with Gasteiger partial charge >= 0.3 is 0 Å². The highest BCUT2D eigenvalue weighted by Gasteiger charge is 2.21. The van der Waals surface area contributed by atoms with Crippen LogP contribution < -0.4 is 5.32 Å². The summed E-state index contributed by atoms with van der Waals surface area (Å²) in [6, 6.07) is 12.9. The van der Waals surface area contributed by atoms with Crippen molar-refractivity contribution < 1.29 is 5.11 Å². The maximum atomic E-state index is 9.64. The van der Waals surface area contributed by atoms with Gasteiger partial charge in [0.1, 0.15) is 5.75 Å². The molecule has 2 N–H and O–H groups in total. The van der Waals surface area contributed by atoms with Crippen molar-refractivity contribution in [1.29, 1.82) is 0 Å². The van der Waals surface area contributed by atoms with Crippen molar-refractivity contribution in [2.45, 2.75) is 38.6 Å². The minimum atomic E-state index is 0.340. The zero-order valence-corrected chi connectivity index (χ0v) is 14.1. The first-order valence-corrected chi connectivity index (χ1v) is 8.95. The monoisotopic (exact) mass is 312 g/mol. The Hall–Kier alpha value is -1.58. The van der Waals surface area contributed by atoms with Crippen molar-refractivity contribution in [2.24, 2.45) is 0 Å². The van der Waals surface area contributed by atoms with Gasteiger partial charge in [0, 0.05) is 32.2 Å². The lowest BCUT2D eigenvalue weighted by Gasteiger charge is -2.35. The van der Waals surface area contributed by atoms with E-state index in [4.69, 9.17) is 0 Å². The van der Waals surface area contributed by atoms with Crippen molar-refractivity contribution in [3.05, 3.63) is 42.0 Å². The molecule has 2 aromatic rings. The van der Waals surface area contributed by atoms with Crippen LogP contribution in [-0.2, 0) is 0 Å². The van der Waals surface area contributed by atoms with E-state index < -0.39 is 0 Å². The molecule has 1 atom stereocenters. The summed E-state index contributed by atoms with van der Waals surface area (Å²) >= 11 is 0. The number of piperazine rings is 1. The largest absolute Gasteiger partial charge is 0.508 e. The Morgan fingerprint density at radius 1 is 1.04 bits per heavy atom. The molecule has 0 spiro atoms. The van der Waals surface area contributed by atoms with Gasteiger partial charge in [0.25, 0.3) is 0 Å². The number of rotatable bonds is 6. The van der Waals surface area contributed by atoms with Crippen molar-refractivity contribution in [3.63, 3.8) is 0 Å². The van der Waals surface area contributed by atoms with Crippen LogP contribution >= 0.6 is 0 Å². The van der Waals surface area contributed by atoms with Crippen LogP contribution in [0.5, 0.6) is 5.75 Å². The standard InChI is InChI=1S/C20H28N2O/c1-2-3-4-5-20(22-12-10-21-11-13-22)18-7-6-17-15-19(23)9-8-16(17)14-18/h6-9,14-15,20-21,23H,2-5,10-13H2,1H3/t20-/m0/s1. The van der Waals surface area contributed by atoms with Gasteiger partial charge in [-0.15, -0.1) is 0 Å². The third kappa shape index (κ3) is 4.04. The quantitative estimate of drug-likeness (QED) is 0.789. The van der Waals surface area contributed by atoms with Crippen molar-refractivity contribution in [1.82, 2.24) is 10.2 Å². The molecule has 1 heterocycles. The first-order valence-electron chi connectivity index (χ1n) is 8.95. The van der Waals surface area contributed by atoms with Crippen LogP contribution in [0.2, 0.25) is 0 Å². The number of aromatic hydroxyl groups is 1. The number of phenols is 1. The van der Waals surface area contributed by atoms with Crippen molar-refractivity contribution in [2.75, 3.05) is 26.2 Å². The molecule has 0 amide bonds. The molecular formula is C20H28N2O. The Bertz CT molecular complexity index is 635. The number of phenolic OH excluding ortho intramolecular Hbond substituents is 1.